The summed E-state index contributed by atoms with van der Waals surface area (Å²) in [5.74, 6) is -0.918. The lowest BCUT2D eigenvalue weighted by molar-refractivity contribution is -0.384. The number of nitrogens with two attached hydrogens (primary N) is 1. The van der Waals surface area contributed by atoms with Crippen LogP contribution in [0.15, 0.2) is 42.7 Å². The van der Waals surface area contributed by atoms with E-state index in [9.17, 15) is 19.9 Å². The van der Waals surface area contributed by atoms with Crippen molar-refractivity contribution >= 4 is 24.8 Å². The quantitative estimate of drug-likeness (QED) is 0.0275. The number of hydrogen-bond acceptors (Lipinski definition) is 15. The SMILES string of the molecule is CCCCCCCCCCCCCCCCCCOC[C@H](COP(=O)(OC[C@H]1O[C@@](C#N)(c2ccc3c(N)ncnn23)[C@@H]2OC(C)(C)O[C@@H]21)Oc1ccc([N+](=O)[O-])cc1)OC(C)C. The lowest BCUT2D eigenvalue weighted by atomic mass is 9.92. The molecular formula is C45H69N6O11P. The fourth-order valence-electron chi connectivity index (χ4n) is 8.13. The number of benzene rings is 1. The van der Waals surface area contributed by atoms with Crippen LogP contribution in [-0.2, 0) is 42.9 Å². The highest BCUT2D eigenvalue weighted by molar-refractivity contribution is 7.48. The molecule has 5 rings (SSSR count). The standard InChI is InChI=1S/C45H69N6O11P/c1-6-7-8-9-10-11-12-13-14-15-16-17-18-19-20-21-28-55-29-37(58-34(2)3)30-56-63(54,62-36-24-22-35(23-25-36)51(52)53)57-31-39-41-42(61-44(4,5)60-41)45(32-46,59-39)40-27-26-38-43(47)48-33-49-50(38)40/h22-27,33-34,37,39,41-42H,6-21,28-31H2,1-5H3,(H2,47,48,49)/t37-,39-,41-,42-,45+,63?/m1/s1. The minimum absolute atomic E-state index is 0.000100. The number of rotatable bonds is 31. The first-order valence-corrected chi connectivity index (χ1v) is 24.4. The van der Waals surface area contributed by atoms with Crippen LogP contribution in [0.1, 0.15) is 143 Å². The first kappa shape index (κ1) is 50.3. The number of ether oxygens (including phenoxy) is 5. The molecule has 2 N–H and O–H groups in total. The minimum Gasteiger partial charge on any atom is -0.404 e. The molecule has 63 heavy (non-hydrogen) atoms. The Bertz CT molecular complexity index is 1940. The number of nitro groups is 1. The lowest BCUT2D eigenvalue weighted by Gasteiger charge is -2.29. The zero-order chi connectivity index (χ0) is 45.3. The number of nitrogens with zero attached hydrogens (tertiary/aromatic N) is 5. The number of fused-ring (bicyclic) bond motifs is 2. The summed E-state index contributed by atoms with van der Waals surface area (Å²) in [5.41, 5.74) is 4.93. The molecule has 0 spiro atoms. The second-order valence-corrected chi connectivity index (χ2v) is 18.8. The Kier molecular flexibility index (Phi) is 19.6. The first-order valence-electron chi connectivity index (χ1n) is 22.9. The van der Waals surface area contributed by atoms with Crippen LogP contribution in [0.2, 0.25) is 0 Å². The number of nitro benzene ring substituents is 1. The molecule has 2 aromatic heterocycles. The van der Waals surface area contributed by atoms with E-state index < -0.39 is 55.2 Å². The van der Waals surface area contributed by atoms with Crippen molar-refractivity contribution in [3.05, 3.63) is 58.5 Å². The van der Waals surface area contributed by atoms with Gasteiger partial charge in [0.25, 0.3) is 5.69 Å². The topological polar surface area (TPSA) is 214 Å². The van der Waals surface area contributed by atoms with Gasteiger partial charge in [0.2, 0.25) is 5.60 Å². The van der Waals surface area contributed by atoms with Crippen LogP contribution in [0.5, 0.6) is 5.75 Å². The number of unbranched alkanes of at least 4 members (excludes halogenated alkanes) is 15. The number of nitriles is 1. The Morgan fingerprint density at radius 1 is 0.889 bits per heavy atom. The molecule has 1 aromatic carbocycles. The van der Waals surface area contributed by atoms with Crippen molar-refractivity contribution in [3.8, 4) is 11.8 Å². The van der Waals surface area contributed by atoms with Gasteiger partial charge in [0.15, 0.2) is 11.6 Å². The van der Waals surface area contributed by atoms with Gasteiger partial charge < -0.3 is 33.9 Å². The largest absolute Gasteiger partial charge is 0.530 e. The molecule has 18 heteroatoms. The number of non-ortho nitro benzene ring substituents is 1. The molecule has 2 aliphatic heterocycles. The van der Waals surface area contributed by atoms with Gasteiger partial charge in [0, 0.05) is 18.7 Å². The van der Waals surface area contributed by atoms with Gasteiger partial charge in [-0.3, -0.25) is 19.2 Å². The van der Waals surface area contributed by atoms with Crippen molar-refractivity contribution in [2.24, 2.45) is 0 Å². The van der Waals surface area contributed by atoms with E-state index in [-0.39, 0.29) is 36.6 Å². The summed E-state index contributed by atoms with van der Waals surface area (Å²) in [5, 5.41) is 26.4. The van der Waals surface area contributed by atoms with E-state index in [1.165, 1.54) is 119 Å². The molecule has 6 atom stereocenters. The molecule has 1 unspecified atom stereocenters. The van der Waals surface area contributed by atoms with Gasteiger partial charge in [0.05, 0.1) is 36.5 Å². The molecule has 2 saturated heterocycles. The Hall–Kier alpha value is -3.72. The van der Waals surface area contributed by atoms with E-state index in [1.54, 1.807) is 26.0 Å². The normalized spacial score (nSPS) is 22.0. The van der Waals surface area contributed by atoms with Gasteiger partial charge in [-0.1, -0.05) is 103 Å². The van der Waals surface area contributed by atoms with Gasteiger partial charge in [-0.25, -0.2) is 14.1 Å². The van der Waals surface area contributed by atoms with Gasteiger partial charge in [-0.05, 0) is 58.4 Å². The molecule has 2 aliphatic rings. The van der Waals surface area contributed by atoms with E-state index in [4.69, 9.17) is 43.0 Å². The predicted molar refractivity (Wildman–Crippen MR) is 237 cm³/mol. The summed E-state index contributed by atoms with van der Waals surface area (Å²) in [6.07, 6.45) is 18.2. The van der Waals surface area contributed by atoms with Crippen LogP contribution in [-0.4, -0.2) is 82.3 Å². The summed E-state index contributed by atoms with van der Waals surface area (Å²) in [4.78, 5) is 14.8. The molecular weight excluding hydrogens is 831 g/mol. The number of phosphoric acid groups is 1. The molecule has 350 valence electrons. The highest BCUT2D eigenvalue weighted by Gasteiger charge is 2.65. The van der Waals surface area contributed by atoms with Crippen LogP contribution in [0.25, 0.3) is 5.52 Å². The van der Waals surface area contributed by atoms with Gasteiger partial charge in [0.1, 0.15) is 48.1 Å². The monoisotopic (exact) mass is 900 g/mol. The second kappa shape index (κ2) is 24.5. The van der Waals surface area contributed by atoms with Crippen LogP contribution in [0.4, 0.5) is 11.5 Å². The molecule has 0 radical (unpaired) electrons. The van der Waals surface area contributed by atoms with Crippen LogP contribution in [0, 0.1) is 21.4 Å². The van der Waals surface area contributed by atoms with Crippen molar-refractivity contribution in [2.45, 2.75) is 179 Å². The third-order valence-electron chi connectivity index (χ3n) is 11.3. The molecule has 3 aromatic rings. The number of anilines is 1. The highest BCUT2D eigenvalue weighted by Crippen LogP contribution is 2.53. The van der Waals surface area contributed by atoms with E-state index >= 15 is 0 Å². The maximum atomic E-state index is 14.6. The second-order valence-electron chi connectivity index (χ2n) is 17.3. The van der Waals surface area contributed by atoms with E-state index in [1.807, 2.05) is 13.8 Å². The number of nitrogen functional groups attached to an aromatic ring is 1. The average Bonchev–Trinajstić information content (AvgIpc) is 3.92. The summed E-state index contributed by atoms with van der Waals surface area (Å²) in [7, 11) is -4.54. The van der Waals surface area contributed by atoms with E-state index in [0.717, 1.165) is 19.3 Å². The average molecular weight is 901 g/mol. The Morgan fingerprint density at radius 2 is 1.51 bits per heavy atom. The van der Waals surface area contributed by atoms with Crippen molar-refractivity contribution in [1.29, 1.82) is 5.26 Å². The van der Waals surface area contributed by atoms with Crippen LogP contribution < -0.4 is 10.3 Å². The van der Waals surface area contributed by atoms with Crippen LogP contribution in [0.3, 0.4) is 0 Å². The minimum atomic E-state index is -4.54. The van der Waals surface area contributed by atoms with Crippen molar-refractivity contribution in [3.63, 3.8) is 0 Å². The molecule has 4 heterocycles. The molecule has 2 fully saturated rings. The lowest BCUT2D eigenvalue weighted by Crippen LogP contribution is -2.40. The molecule has 0 saturated carbocycles. The first-order chi connectivity index (χ1) is 30.3. The summed E-state index contributed by atoms with van der Waals surface area (Å²) in [6.45, 7) is 9.50. The predicted octanol–water partition coefficient (Wildman–Crippen LogP) is 10.1. The molecule has 0 aliphatic carbocycles. The highest BCUT2D eigenvalue weighted by atomic mass is 31.2. The van der Waals surface area contributed by atoms with Crippen molar-refractivity contribution in [1.82, 2.24) is 14.6 Å². The molecule has 17 nitrogen and oxygen atoms in total. The van der Waals surface area contributed by atoms with E-state index in [2.05, 4.69) is 23.1 Å². The van der Waals surface area contributed by atoms with Gasteiger partial charge >= 0.3 is 7.82 Å². The fraction of sp³-hybridized carbons (Fsp3) is 0.711. The van der Waals surface area contributed by atoms with E-state index in [0.29, 0.717) is 17.8 Å². The number of phosphoric ester groups is 1. The number of hydrogen-bond donors (Lipinski definition) is 1. The van der Waals surface area contributed by atoms with Gasteiger partial charge in [-0.15, -0.1) is 0 Å². The third-order valence-corrected chi connectivity index (χ3v) is 12.6. The van der Waals surface area contributed by atoms with Crippen molar-refractivity contribution in [2.75, 3.05) is 32.2 Å². The van der Waals surface area contributed by atoms with Crippen molar-refractivity contribution < 1.29 is 46.7 Å². The Morgan fingerprint density at radius 3 is 2.10 bits per heavy atom. The summed E-state index contributed by atoms with van der Waals surface area (Å²) < 4.78 is 64.8. The third kappa shape index (κ3) is 14.6. The summed E-state index contributed by atoms with van der Waals surface area (Å²) in [6, 6.07) is 10.6. The Balaban J connectivity index is 1.14. The zero-order valence-electron chi connectivity index (χ0n) is 37.8. The van der Waals surface area contributed by atoms with Crippen LogP contribution >= 0.6 is 7.82 Å². The maximum Gasteiger partial charge on any atom is 0.530 e. The fourth-order valence-corrected chi connectivity index (χ4v) is 9.37. The smallest absolute Gasteiger partial charge is 0.404 e. The summed E-state index contributed by atoms with van der Waals surface area (Å²) >= 11 is 0. The Labute approximate surface area is 372 Å². The number of aromatic nitrogens is 3. The molecule has 0 bridgehead atoms. The molecule has 0 amide bonds. The zero-order valence-corrected chi connectivity index (χ0v) is 38.7. The maximum absolute atomic E-state index is 14.6. The van der Waals surface area contributed by atoms with Gasteiger partial charge in [-0.2, -0.15) is 10.4 Å².